The maximum Gasteiger partial charge on any atom is 0.135 e. The van der Waals surface area contributed by atoms with Crippen LogP contribution in [-0.2, 0) is 53.6 Å². The molecule has 3 heterocycles. The fourth-order valence-electron chi connectivity index (χ4n) is 9.96. The molecule has 11 rings (SSSR count). The first-order valence-corrected chi connectivity index (χ1v) is 25.8. The number of rotatable bonds is 7. The van der Waals surface area contributed by atoms with E-state index in [0.717, 1.165) is 16.7 Å². The largest absolute Gasteiger partial charge is 0.509 e. The molecule has 0 unspecified atom stereocenters. The molecule has 2 aliphatic rings. The standard InChI is InChI=1S/C72H77N4O.Pt/c1-67(2,3)48-32-35-73-65(42-48)76-61-25-18-17-24-55(61)56-30-29-54(44-64(56)76)77-53-23-21-22-52(43-53)74-45-75(63-27-20-19-26-62(63)74)66-57(46-28-31-59-60(38-46)72(15,16)34-33-71(59,13)14)40-51(70(10,11)12)41-58(66)47-36-49(68(4,5)6)39-50(37-47)69(7,8)9;/h17-32,35-42,45H,33-34H2,1-16H3;/q-3;/i13D3,14D3,15D3,16D3,17D,18D,24D,25D,28D,31D,33D2,34D2,38D;. The van der Waals surface area contributed by atoms with Crippen LogP contribution in [0.1, 0.15) is 188 Å². The number of hydrogen-bond acceptors (Lipinski definition) is 4. The van der Waals surface area contributed by atoms with Crippen molar-refractivity contribution >= 4 is 44.6 Å². The second-order valence-electron chi connectivity index (χ2n) is 24.4. The predicted molar refractivity (Wildman–Crippen MR) is 325 cm³/mol. The first kappa shape index (κ1) is 33.2. The number of aromatic nitrogens is 2. The Bertz CT molecular complexity index is 4780. The van der Waals surface area contributed by atoms with E-state index in [2.05, 4.69) is 18.2 Å². The van der Waals surface area contributed by atoms with Gasteiger partial charge in [0.05, 0.1) is 9.60 Å². The summed E-state index contributed by atoms with van der Waals surface area (Å²) in [5.74, 6) is 0.706. The van der Waals surface area contributed by atoms with Crippen molar-refractivity contribution < 1.29 is 57.3 Å². The van der Waals surface area contributed by atoms with Gasteiger partial charge in [0, 0.05) is 94.4 Å². The van der Waals surface area contributed by atoms with Crippen LogP contribution in [0, 0.1) is 18.8 Å². The van der Waals surface area contributed by atoms with Gasteiger partial charge in [-0.05, 0) is 138 Å². The Hall–Kier alpha value is -6.42. The molecule has 0 N–H and O–H groups in total. The van der Waals surface area contributed by atoms with Crippen molar-refractivity contribution in [1.82, 2.24) is 9.55 Å². The van der Waals surface area contributed by atoms with E-state index in [1.807, 2.05) is 113 Å². The fraction of sp³-hybridized carbons (Fsp3) is 0.333. The molecule has 2 aromatic heterocycles. The number of fused-ring (bicyclic) bond motifs is 5. The fourth-order valence-corrected chi connectivity index (χ4v) is 9.96. The number of hydrogen-bond donors (Lipinski definition) is 0. The summed E-state index contributed by atoms with van der Waals surface area (Å²) in [6.07, 6.45) is -7.44. The van der Waals surface area contributed by atoms with E-state index in [0.29, 0.717) is 50.5 Å². The van der Waals surface area contributed by atoms with Crippen LogP contribution in [0.15, 0.2) is 146 Å². The Balaban J connectivity index is 0.0000110. The van der Waals surface area contributed by atoms with Gasteiger partial charge in [0.1, 0.15) is 5.82 Å². The molecule has 0 spiro atoms. The van der Waals surface area contributed by atoms with Gasteiger partial charge in [-0.2, -0.15) is 12.1 Å². The van der Waals surface area contributed by atoms with Crippen LogP contribution in [0.5, 0.6) is 11.5 Å². The summed E-state index contributed by atoms with van der Waals surface area (Å²) >= 11 is 0. The van der Waals surface area contributed by atoms with E-state index in [1.54, 1.807) is 87.9 Å². The van der Waals surface area contributed by atoms with E-state index in [9.17, 15) is 9.60 Å². The van der Waals surface area contributed by atoms with Crippen molar-refractivity contribution in [3.63, 3.8) is 0 Å². The Kier molecular flexibility index (Phi) is 8.28. The van der Waals surface area contributed by atoms with Crippen molar-refractivity contribution in [2.24, 2.45) is 0 Å². The Morgan fingerprint density at radius 1 is 0.590 bits per heavy atom. The zero-order valence-corrected chi connectivity index (χ0v) is 48.2. The number of pyridine rings is 1. The molecule has 78 heavy (non-hydrogen) atoms. The van der Waals surface area contributed by atoms with Crippen LogP contribution in [0.3, 0.4) is 0 Å². The van der Waals surface area contributed by atoms with Gasteiger partial charge in [-0.15, -0.1) is 48.1 Å². The topological polar surface area (TPSA) is 33.5 Å². The molecule has 0 saturated carbocycles. The molecule has 0 amide bonds. The van der Waals surface area contributed by atoms with Crippen LogP contribution in [0.25, 0.3) is 49.9 Å². The third kappa shape index (κ3) is 10.0. The molecule has 404 valence electrons. The van der Waals surface area contributed by atoms with Crippen molar-refractivity contribution in [2.45, 2.75) is 156 Å². The molecule has 1 aliphatic carbocycles. The Morgan fingerprint density at radius 3 is 1.85 bits per heavy atom. The summed E-state index contributed by atoms with van der Waals surface area (Å²) in [6, 6.07) is 30.3. The van der Waals surface area contributed by atoms with E-state index in [-0.39, 0.29) is 72.2 Å². The second-order valence-corrected chi connectivity index (χ2v) is 24.4. The van der Waals surface area contributed by atoms with E-state index in [4.69, 9.17) is 31.7 Å². The summed E-state index contributed by atoms with van der Waals surface area (Å²) in [5.41, 5.74) is -8.81. The summed E-state index contributed by atoms with van der Waals surface area (Å²) in [7, 11) is 0. The second kappa shape index (κ2) is 19.4. The molecule has 0 fully saturated rings. The number of benzene rings is 7. The molecule has 7 aromatic carbocycles. The zero-order chi connectivity index (χ0) is 74.5. The number of ether oxygens (including phenoxy) is 1. The van der Waals surface area contributed by atoms with Crippen LogP contribution in [0.4, 0.5) is 22.7 Å². The van der Waals surface area contributed by atoms with Crippen molar-refractivity contribution in [3.8, 4) is 39.6 Å². The summed E-state index contributed by atoms with van der Waals surface area (Å²) < 4.78 is 222. The summed E-state index contributed by atoms with van der Waals surface area (Å²) in [5, 5.41) is 0.706. The minimum Gasteiger partial charge on any atom is -0.509 e. The van der Waals surface area contributed by atoms with Gasteiger partial charge in [0.25, 0.3) is 0 Å². The van der Waals surface area contributed by atoms with E-state index >= 15 is 0 Å². The van der Waals surface area contributed by atoms with Gasteiger partial charge in [-0.25, -0.2) is 4.98 Å². The number of nitrogens with zero attached hydrogens (tertiary/aromatic N) is 4. The first-order chi connectivity index (χ1) is 45.6. The molecule has 9 aromatic rings. The van der Waals surface area contributed by atoms with Crippen LogP contribution >= 0.6 is 0 Å². The molecule has 0 atom stereocenters. The minimum atomic E-state index is -4.55. The zero-order valence-electron chi connectivity index (χ0n) is 68.9. The van der Waals surface area contributed by atoms with Gasteiger partial charge < -0.3 is 19.1 Å². The Labute approximate surface area is 512 Å². The van der Waals surface area contributed by atoms with Gasteiger partial charge >= 0.3 is 0 Å². The SMILES string of the molecule is [2H]c1c([2H])c2c(c([2H])c1-c1cc(C(C)(C)C)cc(-c3cc(C(C)(C)C)cc(C(C)(C)C)c3)c1N1[CH-]N(c3[c-]c(Oc4[c-]c5c(cc4)c4c([2H])c([2H])c([2H])c([2H])c4n5-c4cc(C(C)(C)C)ccn4)ccc3)c3ccccc31)C(C([2H])([2H])[2H])(C([2H])([2H])[2H])C([2H])([2H])C([2H])([2H])C2(C([2H])([2H])[2H])C([2H])([2H])[2H].[Pt]. The predicted octanol–water partition coefficient (Wildman–Crippen LogP) is 19.9. The molecule has 6 heteroatoms. The molecule has 0 saturated heterocycles. The van der Waals surface area contributed by atoms with Crippen LogP contribution < -0.4 is 14.5 Å². The monoisotopic (exact) mass is 1230 g/mol. The average molecular weight is 1230 g/mol. The molecular formula is C72H77N4OPt-3. The summed E-state index contributed by atoms with van der Waals surface area (Å²) in [4.78, 5) is 8.19. The van der Waals surface area contributed by atoms with Crippen LogP contribution in [-0.4, -0.2) is 9.55 Å². The summed E-state index contributed by atoms with van der Waals surface area (Å²) in [6.45, 7) is 8.62. The number of anilines is 4. The van der Waals surface area contributed by atoms with Crippen molar-refractivity contribution in [1.29, 1.82) is 0 Å². The molecule has 0 bridgehead atoms. The third-order valence-corrected chi connectivity index (χ3v) is 14.4. The first-order valence-electron chi connectivity index (χ1n) is 37.3. The third-order valence-electron chi connectivity index (χ3n) is 14.4. The van der Waals surface area contributed by atoms with E-state index < -0.39 is 114 Å². The average Bonchev–Trinajstić information content (AvgIpc) is 1.14. The molecule has 1 aliphatic heterocycles. The van der Waals surface area contributed by atoms with Crippen molar-refractivity contribution in [2.75, 3.05) is 9.80 Å². The van der Waals surface area contributed by atoms with Gasteiger partial charge in [0.15, 0.2) is 0 Å². The smallest absolute Gasteiger partial charge is 0.135 e. The van der Waals surface area contributed by atoms with E-state index in [1.165, 1.54) is 0 Å². The van der Waals surface area contributed by atoms with Crippen molar-refractivity contribution in [3.05, 3.63) is 198 Å². The molecule has 0 radical (unpaired) electrons. The quantitative estimate of drug-likeness (QED) is 0.149. The number of para-hydroxylation sites is 3. The Morgan fingerprint density at radius 2 is 1.19 bits per heavy atom. The minimum absolute atomic E-state index is 0. The van der Waals surface area contributed by atoms with Gasteiger partial charge in [0.2, 0.25) is 0 Å². The van der Waals surface area contributed by atoms with Gasteiger partial charge in [-0.1, -0.05) is 183 Å². The normalized spacial score (nSPS) is 21.6. The maximum absolute atomic E-state index is 10.6. The molecular weight excluding hydrogens is 1130 g/mol. The molecule has 5 nitrogen and oxygen atoms in total. The van der Waals surface area contributed by atoms with Gasteiger partial charge in [-0.3, -0.25) is 0 Å². The van der Waals surface area contributed by atoms with Crippen LogP contribution in [0.2, 0.25) is 0 Å². The maximum atomic E-state index is 10.6.